The quantitative estimate of drug-likeness (QED) is 0.677. The highest BCUT2D eigenvalue weighted by Crippen LogP contribution is 2.36. The zero-order valence-electron chi connectivity index (χ0n) is 13.5. The van der Waals surface area contributed by atoms with Crippen LogP contribution in [0.1, 0.15) is 47.2 Å². The number of nitrogens with zero attached hydrogens (tertiary/aromatic N) is 1. The van der Waals surface area contributed by atoms with Crippen LogP contribution in [0, 0.1) is 0 Å². The van der Waals surface area contributed by atoms with Crippen molar-refractivity contribution in [3.05, 3.63) is 41.1 Å². The Labute approximate surface area is 139 Å². The van der Waals surface area contributed by atoms with Crippen molar-refractivity contribution >= 4 is 16.8 Å². The largest absolute Gasteiger partial charge is 0.353 e. The fraction of sp³-hybridized carbons (Fsp3) is 0.368. The van der Waals surface area contributed by atoms with Gasteiger partial charge < -0.3 is 10.3 Å². The average Bonchev–Trinajstić information content (AvgIpc) is 3.32. The van der Waals surface area contributed by atoms with Crippen molar-refractivity contribution in [2.24, 2.45) is 0 Å². The zero-order chi connectivity index (χ0) is 16.1. The van der Waals surface area contributed by atoms with E-state index in [1.54, 1.807) is 0 Å². The van der Waals surface area contributed by atoms with Crippen molar-refractivity contribution in [3.63, 3.8) is 0 Å². The molecule has 0 radical (unpaired) electrons. The normalized spacial score (nSPS) is 17.0. The van der Waals surface area contributed by atoms with Crippen LogP contribution < -0.4 is 5.32 Å². The molecule has 1 saturated carbocycles. The van der Waals surface area contributed by atoms with E-state index in [2.05, 4.69) is 20.5 Å². The molecule has 5 heteroatoms. The maximum absolute atomic E-state index is 12.6. The summed E-state index contributed by atoms with van der Waals surface area (Å²) in [6.07, 6.45) is 8.54. The minimum absolute atomic E-state index is 0.0526. The first-order chi connectivity index (χ1) is 11.8. The topological polar surface area (TPSA) is 73.6 Å². The molecule has 3 aromatic rings. The van der Waals surface area contributed by atoms with Gasteiger partial charge in [0.15, 0.2) is 0 Å². The lowest BCUT2D eigenvalue weighted by Crippen LogP contribution is -2.32. The van der Waals surface area contributed by atoms with Crippen molar-refractivity contribution in [2.75, 3.05) is 0 Å². The number of carbonyl (C=O) groups excluding carboxylic acids is 1. The van der Waals surface area contributed by atoms with Crippen molar-refractivity contribution in [1.29, 1.82) is 0 Å². The predicted molar refractivity (Wildman–Crippen MR) is 93.0 cm³/mol. The van der Waals surface area contributed by atoms with E-state index in [0.717, 1.165) is 53.5 Å². The molecule has 0 saturated heterocycles. The molecule has 1 fully saturated rings. The molecule has 1 aromatic carbocycles. The molecule has 3 N–H and O–H groups in total. The lowest BCUT2D eigenvalue weighted by Gasteiger charge is -2.13. The summed E-state index contributed by atoms with van der Waals surface area (Å²) in [4.78, 5) is 16.0. The van der Waals surface area contributed by atoms with Crippen LogP contribution in [0.2, 0.25) is 0 Å². The van der Waals surface area contributed by atoms with Gasteiger partial charge in [0.1, 0.15) is 0 Å². The second-order valence-electron chi connectivity index (χ2n) is 6.96. The summed E-state index contributed by atoms with van der Waals surface area (Å²) < 4.78 is 0. The van der Waals surface area contributed by atoms with E-state index in [1.807, 2.05) is 24.4 Å². The summed E-state index contributed by atoms with van der Waals surface area (Å²) in [6, 6.07) is 6.33. The van der Waals surface area contributed by atoms with Gasteiger partial charge in [0, 0.05) is 22.5 Å². The van der Waals surface area contributed by atoms with Gasteiger partial charge in [0.05, 0.1) is 17.6 Å². The third kappa shape index (κ3) is 2.08. The molecule has 2 aliphatic carbocycles. The number of carbonyl (C=O) groups is 1. The minimum Gasteiger partial charge on any atom is -0.353 e. The maximum atomic E-state index is 12.6. The number of amides is 1. The third-order valence-corrected chi connectivity index (χ3v) is 5.47. The van der Waals surface area contributed by atoms with E-state index >= 15 is 0 Å². The molecule has 0 aliphatic heterocycles. The molecule has 2 aliphatic rings. The van der Waals surface area contributed by atoms with Gasteiger partial charge in [-0.2, -0.15) is 5.10 Å². The van der Waals surface area contributed by atoms with Gasteiger partial charge in [-0.15, -0.1) is 0 Å². The molecule has 0 spiro atoms. The van der Waals surface area contributed by atoms with Gasteiger partial charge in [-0.05, 0) is 55.0 Å². The van der Waals surface area contributed by atoms with Crippen molar-refractivity contribution in [3.8, 4) is 11.4 Å². The second kappa shape index (κ2) is 5.23. The zero-order valence-corrected chi connectivity index (χ0v) is 13.5. The molecule has 122 valence electrons. The Morgan fingerprint density at radius 1 is 1.17 bits per heavy atom. The third-order valence-electron chi connectivity index (χ3n) is 5.47. The van der Waals surface area contributed by atoms with Crippen LogP contribution in [0.25, 0.3) is 22.3 Å². The molecule has 24 heavy (non-hydrogen) atoms. The first-order valence-corrected chi connectivity index (χ1v) is 8.77. The molecule has 0 atom stereocenters. The van der Waals surface area contributed by atoms with Gasteiger partial charge in [-0.3, -0.25) is 9.89 Å². The molecule has 2 heterocycles. The van der Waals surface area contributed by atoms with Gasteiger partial charge in [-0.25, -0.2) is 0 Å². The number of fused-ring (bicyclic) bond motifs is 5. The molecule has 1 amide bonds. The number of benzene rings is 1. The maximum Gasteiger partial charge on any atom is 0.251 e. The van der Waals surface area contributed by atoms with Crippen LogP contribution in [0.4, 0.5) is 0 Å². The van der Waals surface area contributed by atoms with Crippen molar-refractivity contribution < 1.29 is 4.79 Å². The Morgan fingerprint density at radius 3 is 2.92 bits per heavy atom. The van der Waals surface area contributed by atoms with E-state index in [9.17, 15) is 4.79 Å². The highest BCUT2D eigenvalue weighted by molar-refractivity contribution is 6.00. The Bertz CT molecular complexity index is 930. The number of nitrogens with one attached hydrogen (secondary N) is 3. The first kappa shape index (κ1) is 13.8. The van der Waals surface area contributed by atoms with E-state index in [0.29, 0.717) is 6.04 Å². The molecule has 5 nitrogen and oxygen atoms in total. The van der Waals surface area contributed by atoms with Crippen LogP contribution in [0.5, 0.6) is 0 Å². The highest BCUT2D eigenvalue weighted by atomic mass is 16.1. The number of H-pyrrole nitrogens is 2. The van der Waals surface area contributed by atoms with Crippen LogP contribution in [0.15, 0.2) is 24.4 Å². The fourth-order valence-electron chi connectivity index (χ4n) is 4.18. The smallest absolute Gasteiger partial charge is 0.251 e. The van der Waals surface area contributed by atoms with Crippen LogP contribution in [-0.4, -0.2) is 27.1 Å². The number of aryl methyl sites for hydroxylation is 2. The molecule has 5 rings (SSSR count). The summed E-state index contributed by atoms with van der Waals surface area (Å²) in [5.41, 5.74) is 6.60. The number of aromatic nitrogens is 3. The van der Waals surface area contributed by atoms with Gasteiger partial charge >= 0.3 is 0 Å². The standard InChI is InChI=1S/C19H20N4O/c24-19(21-13-3-1-2-4-13)11-6-8-16-15(9-11)14-7-5-12-10-20-23-17(12)18(14)22-16/h6,8-10,13,22H,1-5,7H2,(H,20,23)(H,21,24). The van der Waals surface area contributed by atoms with Crippen molar-refractivity contribution in [2.45, 2.75) is 44.6 Å². The van der Waals surface area contributed by atoms with Crippen LogP contribution in [0.3, 0.4) is 0 Å². The Kier molecular flexibility index (Phi) is 3.01. The van der Waals surface area contributed by atoms with Gasteiger partial charge in [0.2, 0.25) is 0 Å². The van der Waals surface area contributed by atoms with Crippen LogP contribution in [-0.2, 0) is 12.8 Å². The number of hydrogen-bond donors (Lipinski definition) is 3. The minimum atomic E-state index is 0.0526. The Hall–Kier alpha value is -2.56. The monoisotopic (exact) mass is 320 g/mol. The van der Waals surface area contributed by atoms with E-state index in [4.69, 9.17) is 0 Å². The number of rotatable bonds is 2. The summed E-state index contributed by atoms with van der Waals surface area (Å²) in [5, 5.41) is 11.6. The number of hydrogen-bond acceptors (Lipinski definition) is 2. The lowest BCUT2D eigenvalue weighted by molar-refractivity contribution is 0.0938. The summed E-state index contributed by atoms with van der Waals surface area (Å²) >= 11 is 0. The molecule has 0 bridgehead atoms. The first-order valence-electron chi connectivity index (χ1n) is 8.77. The molecule has 0 unspecified atom stereocenters. The van der Waals surface area contributed by atoms with Crippen molar-refractivity contribution in [1.82, 2.24) is 20.5 Å². The predicted octanol–water partition coefficient (Wildman–Crippen LogP) is 3.33. The van der Waals surface area contributed by atoms with Gasteiger partial charge in [-0.1, -0.05) is 12.8 Å². The SMILES string of the molecule is O=C(NC1CCCC1)c1ccc2[nH]c3c(c2c1)CCc1cn[nH]c1-3. The molecular weight excluding hydrogens is 300 g/mol. The van der Waals surface area contributed by atoms with Gasteiger partial charge in [0.25, 0.3) is 5.91 Å². The van der Waals surface area contributed by atoms with E-state index < -0.39 is 0 Å². The molecule has 2 aromatic heterocycles. The van der Waals surface area contributed by atoms with E-state index in [1.165, 1.54) is 24.0 Å². The van der Waals surface area contributed by atoms with Crippen LogP contribution >= 0.6 is 0 Å². The molecular formula is C19H20N4O. The average molecular weight is 320 g/mol. The summed E-state index contributed by atoms with van der Waals surface area (Å²) in [6.45, 7) is 0. The Morgan fingerprint density at radius 2 is 2.04 bits per heavy atom. The fourth-order valence-corrected chi connectivity index (χ4v) is 4.18. The lowest BCUT2D eigenvalue weighted by atomic mass is 9.93. The van der Waals surface area contributed by atoms with E-state index in [-0.39, 0.29) is 5.91 Å². The highest BCUT2D eigenvalue weighted by Gasteiger charge is 2.23. The number of aromatic amines is 2. The Balaban J connectivity index is 1.53. The second-order valence-corrected chi connectivity index (χ2v) is 6.96. The summed E-state index contributed by atoms with van der Waals surface area (Å²) in [5.74, 6) is 0.0526. The summed E-state index contributed by atoms with van der Waals surface area (Å²) in [7, 11) is 0.